The van der Waals surface area contributed by atoms with E-state index in [2.05, 4.69) is 5.32 Å². The van der Waals surface area contributed by atoms with E-state index < -0.39 is 41.1 Å². The minimum atomic E-state index is -0.796. The maximum Gasteiger partial charge on any atom is 0.312 e. The van der Waals surface area contributed by atoms with Crippen LogP contribution < -0.4 is 5.32 Å². The number of rotatable bonds is 4. The van der Waals surface area contributed by atoms with Gasteiger partial charge in [-0.2, -0.15) is 0 Å². The van der Waals surface area contributed by atoms with Crippen LogP contribution in [-0.2, 0) is 14.3 Å². The van der Waals surface area contributed by atoms with Gasteiger partial charge in [0.15, 0.2) is 6.61 Å². The first kappa shape index (κ1) is 17.4. The summed E-state index contributed by atoms with van der Waals surface area (Å²) in [6, 6.07) is 2.72. The van der Waals surface area contributed by atoms with Crippen molar-refractivity contribution in [1.82, 2.24) is 0 Å². The molecule has 5 nitrogen and oxygen atoms in total. The van der Waals surface area contributed by atoms with Crippen molar-refractivity contribution < 1.29 is 28.2 Å². The molecule has 7 heteroatoms. The van der Waals surface area contributed by atoms with Crippen LogP contribution in [0.4, 0.5) is 14.5 Å². The molecule has 0 saturated heterocycles. The molecule has 5 rings (SSSR count). The van der Waals surface area contributed by atoms with Crippen molar-refractivity contribution in [3.05, 3.63) is 29.8 Å². The Hall–Kier alpha value is -2.02. The number of ether oxygens (including phenoxy) is 1. The average Bonchev–Trinajstić information content (AvgIpc) is 2.53. The molecule has 0 heterocycles. The van der Waals surface area contributed by atoms with Crippen LogP contribution in [0.5, 0.6) is 0 Å². The lowest BCUT2D eigenvalue weighted by Crippen LogP contribution is -2.58. The van der Waals surface area contributed by atoms with E-state index in [1.54, 1.807) is 0 Å². The van der Waals surface area contributed by atoms with E-state index in [1.807, 2.05) is 0 Å². The lowest BCUT2D eigenvalue weighted by molar-refractivity contribution is -0.196. The van der Waals surface area contributed by atoms with E-state index in [0.717, 1.165) is 37.5 Å². The van der Waals surface area contributed by atoms with Crippen LogP contribution in [-0.4, -0.2) is 29.2 Å². The van der Waals surface area contributed by atoms with Gasteiger partial charge in [-0.3, -0.25) is 9.59 Å². The monoisotopic (exact) mass is 365 g/mol. The quantitative estimate of drug-likeness (QED) is 0.805. The highest BCUT2D eigenvalue weighted by molar-refractivity contribution is 5.93. The summed E-state index contributed by atoms with van der Waals surface area (Å²) in [4.78, 5) is 24.6. The fourth-order valence-corrected chi connectivity index (χ4v) is 5.52. The van der Waals surface area contributed by atoms with Gasteiger partial charge < -0.3 is 15.2 Å². The summed E-state index contributed by atoms with van der Waals surface area (Å²) in [7, 11) is 0. The molecule has 0 aromatic heterocycles. The minimum Gasteiger partial charge on any atom is -0.455 e. The van der Waals surface area contributed by atoms with Crippen molar-refractivity contribution in [2.45, 2.75) is 44.1 Å². The highest BCUT2D eigenvalue weighted by atomic mass is 19.1. The normalized spacial score (nSPS) is 34.6. The molecule has 4 fully saturated rings. The number of amides is 1. The van der Waals surface area contributed by atoms with Crippen molar-refractivity contribution in [3.8, 4) is 0 Å². The molecule has 1 amide bonds. The van der Waals surface area contributed by atoms with Crippen molar-refractivity contribution in [2.24, 2.45) is 17.3 Å². The third kappa shape index (κ3) is 3.09. The molecule has 0 spiro atoms. The first-order valence-electron chi connectivity index (χ1n) is 8.92. The van der Waals surface area contributed by atoms with Gasteiger partial charge in [0.25, 0.3) is 5.91 Å². The highest BCUT2D eigenvalue weighted by Gasteiger charge is 2.60. The fourth-order valence-electron chi connectivity index (χ4n) is 5.52. The molecule has 2 N–H and O–H groups in total. The van der Waals surface area contributed by atoms with E-state index in [0.29, 0.717) is 31.1 Å². The Kier molecular flexibility index (Phi) is 4.02. The number of carbonyl (C=O) groups is 2. The molecule has 1 aromatic carbocycles. The predicted octanol–water partition coefficient (Wildman–Crippen LogP) is 2.78. The maximum absolute atomic E-state index is 13.6. The van der Waals surface area contributed by atoms with Gasteiger partial charge in [-0.15, -0.1) is 0 Å². The van der Waals surface area contributed by atoms with Crippen LogP contribution in [0.1, 0.15) is 38.5 Å². The number of benzene rings is 1. The number of aliphatic hydroxyl groups is 1. The second kappa shape index (κ2) is 6.01. The molecule has 1 aromatic rings. The van der Waals surface area contributed by atoms with E-state index >= 15 is 0 Å². The smallest absolute Gasteiger partial charge is 0.312 e. The molecular formula is C19H21F2NO4. The number of nitrogens with one attached hydrogen (secondary N) is 1. The minimum absolute atomic E-state index is 0.296. The number of hydrogen-bond acceptors (Lipinski definition) is 4. The first-order chi connectivity index (χ1) is 12.3. The third-order valence-electron chi connectivity index (χ3n) is 6.00. The van der Waals surface area contributed by atoms with Gasteiger partial charge in [0.2, 0.25) is 0 Å². The molecule has 140 valence electrons. The van der Waals surface area contributed by atoms with Gasteiger partial charge >= 0.3 is 5.97 Å². The summed E-state index contributed by atoms with van der Waals surface area (Å²) in [6.07, 6.45) is 4.26. The van der Waals surface area contributed by atoms with E-state index in [9.17, 15) is 23.5 Å². The molecule has 0 radical (unpaired) electrons. The van der Waals surface area contributed by atoms with Gasteiger partial charge in [0.05, 0.1) is 16.7 Å². The Morgan fingerprint density at radius 1 is 1.19 bits per heavy atom. The zero-order valence-electron chi connectivity index (χ0n) is 14.3. The fraction of sp³-hybridized carbons (Fsp3) is 0.579. The molecule has 0 aliphatic heterocycles. The molecule has 4 bridgehead atoms. The van der Waals surface area contributed by atoms with Gasteiger partial charge in [-0.05, 0) is 62.5 Å². The van der Waals surface area contributed by atoms with Crippen LogP contribution in [0.15, 0.2) is 18.2 Å². The standard InChI is InChI=1S/C19H21F2NO4/c20-13-1-2-14(21)15(4-13)22-16(23)9-26-17(24)18-5-11-3-12(6-18)8-19(25,7-11)10-18/h1-2,4,11-12,25H,3,5-10H2,(H,22,23)/t11-,12+,18?,19?. The summed E-state index contributed by atoms with van der Waals surface area (Å²) in [5.74, 6) is -2.01. The summed E-state index contributed by atoms with van der Waals surface area (Å²) in [6.45, 7) is -0.565. The number of hydrogen-bond donors (Lipinski definition) is 2. The maximum atomic E-state index is 13.6. The number of esters is 1. The lowest BCUT2D eigenvalue weighted by Gasteiger charge is -2.58. The predicted molar refractivity (Wildman–Crippen MR) is 88.0 cm³/mol. The molecule has 4 aliphatic rings. The van der Waals surface area contributed by atoms with Gasteiger partial charge in [-0.1, -0.05) is 0 Å². The topological polar surface area (TPSA) is 75.6 Å². The summed E-state index contributed by atoms with van der Waals surface area (Å²) < 4.78 is 31.9. The zero-order valence-corrected chi connectivity index (χ0v) is 14.3. The Morgan fingerprint density at radius 3 is 2.54 bits per heavy atom. The van der Waals surface area contributed by atoms with Crippen molar-refractivity contribution in [2.75, 3.05) is 11.9 Å². The van der Waals surface area contributed by atoms with Crippen molar-refractivity contribution >= 4 is 17.6 Å². The Bertz CT molecular complexity index is 752. The van der Waals surface area contributed by atoms with E-state index in [-0.39, 0.29) is 5.69 Å². The second-order valence-electron chi connectivity index (χ2n) is 8.21. The third-order valence-corrected chi connectivity index (χ3v) is 6.00. The Labute approximate surface area is 149 Å². The molecule has 2 unspecified atom stereocenters. The first-order valence-corrected chi connectivity index (χ1v) is 8.92. The zero-order chi connectivity index (χ0) is 18.5. The summed E-state index contributed by atoms with van der Waals surface area (Å²) >= 11 is 0. The summed E-state index contributed by atoms with van der Waals surface area (Å²) in [5, 5.41) is 12.9. The summed E-state index contributed by atoms with van der Waals surface area (Å²) in [5.41, 5.74) is -1.81. The second-order valence-corrected chi connectivity index (χ2v) is 8.21. The van der Waals surface area contributed by atoms with Crippen molar-refractivity contribution in [1.29, 1.82) is 0 Å². The van der Waals surface area contributed by atoms with Crippen LogP contribution >= 0.6 is 0 Å². The van der Waals surface area contributed by atoms with E-state index in [4.69, 9.17) is 4.74 Å². The largest absolute Gasteiger partial charge is 0.455 e. The number of anilines is 1. The van der Waals surface area contributed by atoms with Crippen LogP contribution in [0, 0.1) is 28.9 Å². The highest BCUT2D eigenvalue weighted by Crippen LogP contribution is 2.61. The molecule has 26 heavy (non-hydrogen) atoms. The molecular weight excluding hydrogens is 344 g/mol. The van der Waals surface area contributed by atoms with Gasteiger partial charge in [-0.25, -0.2) is 8.78 Å². The van der Waals surface area contributed by atoms with Crippen molar-refractivity contribution in [3.63, 3.8) is 0 Å². The number of carbonyl (C=O) groups excluding carboxylic acids is 2. The average molecular weight is 365 g/mol. The van der Waals surface area contributed by atoms with Crippen LogP contribution in [0.2, 0.25) is 0 Å². The molecule has 4 aliphatic carbocycles. The molecule has 4 atom stereocenters. The SMILES string of the molecule is O=C(COC(=O)C12C[C@@H]3C[C@@H](CC(O)(C3)C1)C2)Nc1cc(F)ccc1F. The lowest BCUT2D eigenvalue weighted by atomic mass is 9.48. The Balaban J connectivity index is 1.38. The van der Waals surface area contributed by atoms with E-state index in [1.165, 1.54) is 0 Å². The number of halogens is 2. The van der Waals surface area contributed by atoms with Gasteiger partial charge in [0.1, 0.15) is 11.6 Å². The van der Waals surface area contributed by atoms with Gasteiger partial charge in [0, 0.05) is 6.07 Å². The molecule has 4 saturated carbocycles. The van der Waals surface area contributed by atoms with Crippen LogP contribution in [0.25, 0.3) is 0 Å². The van der Waals surface area contributed by atoms with Crippen LogP contribution in [0.3, 0.4) is 0 Å². The Morgan fingerprint density at radius 2 is 1.88 bits per heavy atom.